The molecule has 1 spiro atoms. The number of aliphatic imine (C=N–C) groups is 1. The first-order chi connectivity index (χ1) is 22.7. The van der Waals surface area contributed by atoms with Gasteiger partial charge in [-0.2, -0.15) is 15.0 Å². The van der Waals surface area contributed by atoms with Crippen LogP contribution in [0.1, 0.15) is 39.5 Å². The largest absolute Gasteiger partial charge is 0.486 e. The van der Waals surface area contributed by atoms with Crippen molar-refractivity contribution in [3.05, 3.63) is 52.6 Å². The SMILES string of the molecule is COc1cc(OC)nc(COc2ccc(C(=O)N3CCC4(CC3)CN(N)/C(=N\C(=O)c3nc(Cl)c(N=NN)nc3N=NN)N4)cc2)n1. The van der Waals surface area contributed by atoms with E-state index in [2.05, 4.69) is 50.9 Å². The summed E-state index contributed by atoms with van der Waals surface area (Å²) in [6, 6.07) is 8.36. The highest BCUT2D eigenvalue weighted by atomic mass is 35.5. The van der Waals surface area contributed by atoms with Crippen molar-refractivity contribution in [3.8, 4) is 17.5 Å². The van der Waals surface area contributed by atoms with Crippen molar-refractivity contribution >= 4 is 41.0 Å². The molecule has 0 saturated carbocycles. The lowest BCUT2D eigenvalue weighted by atomic mass is 9.88. The average Bonchev–Trinajstić information content (AvgIpc) is 3.38. The average molecular weight is 668 g/mol. The predicted molar refractivity (Wildman–Crippen MR) is 164 cm³/mol. The molecule has 2 fully saturated rings. The monoisotopic (exact) mass is 667 g/mol. The lowest BCUT2D eigenvalue weighted by Gasteiger charge is -2.38. The molecule has 20 nitrogen and oxygen atoms in total. The van der Waals surface area contributed by atoms with Crippen LogP contribution in [0.3, 0.4) is 0 Å². The topological polar surface area (TPSA) is 272 Å². The summed E-state index contributed by atoms with van der Waals surface area (Å²) in [6.45, 7) is 1.29. The van der Waals surface area contributed by atoms with Gasteiger partial charge in [0.2, 0.25) is 29.4 Å². The van der Waals surface area contributed by atoms with E-state index < -0.39 is 11.4 Å². The van der Waals surface area contributed by atoms with Crippen LogP contribution < -0.4 is 37.1 Å². The van der Waals surface area contributed by atoms with E-state index in [0.29, 0.717) is 61.4 Å². The van der Waals surface area contributed by atoms with Gasteiger partial charge in [-0.3, -0.25) is 14.6 Å². The highest BCUT2D eigenvalue weighted by molar-refractivity contribution is 6.31. The Balaban J connectivity index is 1.19. The maximum absolute atomic E-state index is 13.3. The molecule has 246 valence electrons. The Morgan fingerprint density at radius 2 is 1.62 bits per heavy atom. The van der Waals surface area contributed by atoms with Crippen molar-refractivity contribution in [2.24, 2.45) is 43.2 Å². The van der Waals surface area contributed by atoms with Crippen LogP contribution in [0.5, 0.6) is 17.5 Å². The number of guanidine groups is 1. The molecule has 2 saturated heterocycles. The van der Waals surface area contributed by atoms with E-state index in [1.54, 1.807) is 35.2 Å². The number of nitrogens with zero attached hydrogens (tertiary/aromatic N) is 11. The molecule has 0 atom stereocenters. The first-order valence-corrected chi connectivity index (χ1v) is 14.3. The maximum Gasteiger partial charge on any atom is 0.302 e. The molecule has 2 amide bonds. The van der Waals surface area contributed by atoms with Gasteiger partial charge in [-0.05, 0) is 37.1 Å². The third kappa shape index (κ3) is 7.39. The fraction of sp³-hybridized carbons (Fsp3) is 0.346. The van der Waals surface area contributed by atoms with Crippen molar-refractivity contribution in [1.82, 2.24) is 35.2 Å². The smallest absolute Gasteiger partial charge is 0.302 e. The van der Waals surface area contributed by atoms with E-state index in [9.17, 15) is 9.59 Å². The molecule has 2 aliphatic heterocycles. The lowest BCUT2D eigenvalue weighted by molar-refractivity contribution is 0.0660. The van der Waals surface area contributed by atoms with Gasteiger partial charge in [0, 0.05) is 18.7 Å². The van der Waals surface area contributed by atoms with E-state index in [1.807, 2.05) is 0 Å². The number of halogens is 1. The molecule has 0 radical (unpaired) electrons. The van der Waals surface area contributed by atoms with Gasteiger partial charge in [0.1, 0.15) is 12.4 Å². The highest BCUT2D eigenvalue weighted by Crippen LogP contribution is 2.30. The molecule has 2 aliphatic rings. The summed E-state index contributed by atoms with van der Waals surface area (Å²) in [5.41, 5.74) is -0.360. The second-order valence-corrected chi connectivity index (χ2v) is 10.5. The number of nitrogens with one attached hydrogen (secondary N) is 1. The summed E-state index contributed by atoms with van der Waals surface area (Å²) in [6.07, 6.45) is 1.09. The summed E-state index contributed by atoms with van der Waals surface area (Å²) < 4.78 is 16.1. The molecule has 7 N–H and O–H groups in total. The number of hydrogen-bond donors (Lipinski definition) is 4. The predicted octanol–water partition coefficient (Wildman–Crippen LogP) is 1.38. The summed E-state index contributed by atoms with van der Waals surface area (Å²) in [7, 11) is 3.00. The van der Waals surface area contributed by atoms with Gasteiger partial charge in [0.05, 0.1) is 32.4 Å². The number of likely N-dealkylation sites (tertiary alicyclic amines) is 1. The first kappa shape index (κ1) is 32.6. The van der Waals surface area contributed by atoms with Crippen molar-refractivity contribution in [1.29, 1.82) is 0 Å². The van der Waals surface area contributed by atoms with Gasteiger partial charge in [-0.15, -0.1) is 10.2 Å². The number of ether oxygens (including phenoxy) is 3. The van der Waals surface area contributed by atoms with Crippen molar-refractivity contribution < 1.29 is 23.8 Å². The molecule has 47 heavy (non-hydrogen) atoms. The van der Waals surface area contributed by atoms with Crippen LogP contribution in [0, 0.1) is 0 Å². The molecule has 3 aromatic rings. The van der Waals surface area contributed by atoms with Crippen LogP contribution >= 0.6 is 11.6 Å². The van der Waals surface area contributed by atoms with Crippen molar-refractivity contribution in [3.63, 3.8) is 0 Å². The molecular weight excluding hydrogens is 638 g/mol. The Kier molecular flexibility index (Phi) is 9.80. The number of benzene rings is 1. The Labute approximate surface area is 272 Å². The molecule has 5 rings (SSSR count). The number of piperidine rings is 1. The summed E-state index contributed by atoms with van der Waals surface area (Å²) >= 11 is 6.04. The number of nitrogens with two attached hydrogens (primary N) is 3. The van der Waals surface area contributed by atoms with Gasteiger partial charge in [0.15, 0.2) is 16.7 Å². The molecular formula is C26H30ClN15O5. The molecule has 1 aromatic carbocycles. The van der Waals surface area contributed by atoms with Gasteiger partial charge in [0.25, 0.3) is 5.91 Å². The van der Waals surface area contributed by atoms with Crippen LogP contribution in [0.15, 0.2) is 56.0 Å². The maximum atomic E-state index is 13.3. The zero-order valence-electron chi connectivity index (χ0n) is 25.2. The summed E-state index contributed by atoms with van der Waals surface area (Å²) in [5, 5.41) is 17.6. The van der Waals surface area contributed by atoms with Crippen LogP contribution in [0.25, 0.3) is 0 Å². The molecule has 0 bridgehead atoms. The highest BCUT2D eigenvalue weighted by Gasteiger charge is 2.44. The fourth-order valence-corrected chi connectivity index (χ4v) is 5.11. The van der Waals surface area contributed by atoms with E-state index in [4.69, 9.17) is 43.3 Å². The number of carbonyl (C=O) groups is 2. The minimum Gasteiger partial charge on any atom is -0.486 e. The number of aromatic nitrogens is 4. The van der Waals surface area contributed by atoms with Crippen molar-refractivity contribution in [2.45, 2.75) is 25.0 Å². The van der Waals surface area contributed by atoms with Gasteiger partial charge >= 0.3 is 5.91 Å². The Morgan fingerprint density at radius 1 is 0.979 bits per heavy atom. The first-order valence-electron chi connectivity index (χ1n) is 13.9. The quantitative estimate of drug-likeness (QED) is 0.143. The standard InChI is InChI=1S/C26H30ClN15O5/c1-45-17-11-18(46-2)32-16(31-17)12-47-15-5-3-14(4-6-15)24(44)41-9-7-26(8-10-41)13-42(30)25(36-26)35-23(43)19-21(37-39-28)34-22(38-40-29)20(27)33-19/h3-6,11H,7-10,12-13,30H2,1-2H3,(H,35,36,43)(H4,28,29,34,37,38). The summed E-state index contributed by atoms with van der Waals surface area (Å²) in [5.74, 6) is 16.6. The van der Waals surface area contributed by atoms with Crippen molar-refractivity contribution in [2.75, 3.05) is 33.9 Å². The second kappa shape index (κ2) is 14.1. The fourth-order valence-electron chi connectivity index (χ4n) is 4.94. The van der Waals surface area contributed by atoms with E-state index in [0.717, 1.165) is 0 Å². The molecule has 0 aliphatic carbocycles. The zero-order chi connectivity index (χ0) is 33.6. The minimum atomic E-state index is -0.858. The summed E-state index contributed by atoms with van der Waals surface area (Å²) in [4.78, 5) is 48.5. The Hall–Kier alpha value is -5.76. The number of hydrazine groups is 1. The van der Waals surface area contributed by atoms with Gasteiger partial charge in [-0.1, -0.05) is 22.0 Å². The lowest BCUT2D eigenvalue weighted by Crippen LogP contribution is -2.53. The number of methoxy groups -OCH3 is 2. The molecule has 21 heteroatoms. The van der Waals surface area contributed by atoms with Gasteiger partial charge in [-0.25, -0.2) is 15.8 Å². The van der Waals surface area contributed by atoms with E-state index in [-0.39, 0.29) is 41.0 Å². The van der Waals surface area contributed by atoms with Crippen LogP contribution in [-0.2, 0) is 6.61 Å². The molecule has 2 aromatic heterocycles. The van der Waals surface area contributed by atoms with Gasteiger partial charge < -0.3 is 36.1 Å². The Bertz CT molecular complexity index is 1710. The molecule has 4 heterocycles. The van der Waals surface area contributed by atoms with E-state index >= 15 is 0 Å². The number of amides is 2. The van der Waals surface area contributed by atoms with Crippen LogP contribution in [-0.4, -0.2) is 87.0 Å². The normalized spacial score (nSPS) is 16.6. The number of hydrogen-bond acceptors (Lipinski definition) is 14. The van der Waals surface area contributed by atoms with Crippen LogP contribution in [0.4, 0.5) is 11.6 Å². The number of carbonyl (C=O) groups excluding carboxylic acids is 2. The van der Waals surface area contributed by atoms with Crippen LogP contribution in [0.2, 0.25) is 5.15 Å². The zero-order valence-corrected chi connectivity index (χ0v) is 26.0. The molecule has 0 unspecified atom stereocenters. The third-order valence-electron chi connectivity index (χ3n) is 7.28. The van der Waals surface area contributed by atoms with E-state index in [1.165, 1.54) is 19.2 Å². The second-order valence-electron chi connectivity index (χ2n) is 10.2. The Morgan fingerprint density at radius 3 is 2.23 bits per heavy atom. The minimum absolute atomic E-state index is 0.0755. The number of rotatable bonds is 9. The third-order valence-corrected chi connectivity index (χ3v) is 7.53.